The fourth-order valence-corrected chi connectivity index (χ4v) is 9.93. The summed E-state index contributed by atoms with van der Waals surface area (Å²) in [5, 5.41) is 4.63. The van der Waals surface area contributed by atoms with Gasteiger partial charge in [0, 0.05) is 28.2 Å². The summed E-state index contributed by atoms with van der Waals surface area (Å²) in [6.45, 7) is 16.1. The number of anilines is 3. The number of carbonyl (C=O) groups excluding carboxylic acids is 2. The van der Waals surface area contributed by atoms with Crippen LogP contribution in [0.3, 0.4) is 0 Å². The molecule has 5 aromatic carbocycles. The normalized spacial score (nSPS) is 15.4. The first kappa shape index (κ1) is 29.2. The molecule has 0 spiro atoms. The Morgan fingerprint density at radius 1 is 0.689 bits per heavy atom. The molecule has 1 aliphatic carbocycles. The summed E-state index contributed by atoms with van der Waals surface area (Å²) in [4.78, 5) is 29.6. The third-order valence-corrected chi connectivity index (χ3v) is 13.2. The van der Waals surface area contributed by atoms with Crippen LogP contribution in [0.25, 0.3) is 16.8 Å². The van der Waals surface area contributed by atoms with Crippen molar-refractivity contribution in [2.24, 2.45) is 0 Å². The lowest BCUT2D eigenvalue weighted by Gasteiger charge is -2.41. The van der Waals surface area contributed by atoms with Gasteiger partial charge in [-0.3, -0.25) is 9.59 Å². The fraction of sp³-hybridized carbons (Fsp3) is 0.220. The van der Waals surface area contributed by atoms with Crippen LogP contribution in [0.15, 0.2) is 103 Å². The largest absolute Gasteiger partial charge is 0.311 e. The summed E-state index contributed by atoms with van der Waals surface area (Å²) in [6, 6.07) is 34.0. The van der Waals surface area contributed by atoms with Crippen molar-refractivity contribution in [1.82, 2.24) is 0 Å². The van der Waals surface area contributed by atoms with Crippen LogP contribution in [0.5, 0.6) is 0 Å². The molecule has 0 bridgehead atoms. The molecule has 2 aliphatic rings. The summed E-state index contributed by atoms with van der Waals surface area (Å²) in [5.41, 5.74) is 8.37. The van der Waals surface area contributed by atoms with Crippen molar-refractivity contribution >= 4 is 63.9 Å². The first-order chi connectivity index (χ1) is 21.3. The van der Waals surface area contributed by atoms with Gasteiger partial charge in [-0.15, -0.1) is 0 Å². The number of ketones is 2. The molecule has 0 unspecified atom stereocenters. The van der Waals surface area contributed by atoms with Gasteiger partial charge < -0.3 is 4.90 Å². The number of hydrogen-bond donors (Lipinski definition) is 0. The Hall–Kier alpha value is -4.54. The minimum atomic E-state index is -2.18. The van der Waals surface area contributed by atoms with Crippen molar-refractivity contribution in [2.45, 2.75) is 59.0 Å². The second-order valence-electron chi connectivity index (χ2n) is 14.4. The van der Waals surface area contributed by atoms with Crippen LogP contribution in [0.4, 0.5) is 17.1 Å². The van der Waals surface area contributed by atoms with E-state index >= 15 is 0 Å². The van der Waals surface area contributed by atoms with Gasteiger partial charge in [-0.1, -0.05) is 108 Å². The van der Waals surface area contributed by atoms with Crippen LogP contribution in [0.2, 0.25) is 13.1 Å². The standard InChI is InChI=1S/C41H39NO2Si/c1-25(2)27-13-19-36-38(24-27)45(6,7)37-21-26(12-18-35(37)42(36)31-16-14-30(15-17-31)41(3,4)5)20-34-39(43)32-22-28-10-8-9-11-29(28)23-33(32)40(34)44/h8-25H,1-7H3. The van der Waals surface area contributed by atoms with E-state index < -0.39 is 8.07 Å². The number of carbonyl (C=O) groups is 2. The Kier molecular flexibility index (Phi) is 6.65. The summed E-state index contributed by atoms with van der Waals surface area (Å²) in [6.07, 6.45) is 1.81. The number of fused-ring (bicyclic) bond motifs is 4. The summed E-state index contributed by atoms with van der Waals surface area (Å²) >= 11 is 0. The van der Waals surface area contributed by atoms with Crippen LogP contribution in [-0.2, 0) is 5.41 Å². The topological polar surface area (TPSA) is 37.4 Å². The number of hydrogen-bond acceptors (Lipinski definition) is 3. The summed E-state index contributed by atoms with van der Waals surface area (Å²) in [5.74, 6) is 0.0414. The lowest BCUT2D eigenvalue weighted by Crippen LogP contribution is -2.58. The monoisotopic (exact) mass is 605 g/mol. The van der Waals surface area contributed by atoms with Crippen LogP contribution in [-0.4, -0.2) is 19.6 Å². The van der Waals surface area contributed by atoms with Crippen LogP contribution >= 0.6 is 0 Å². The van der Waals surface area contributed by atoms with Gasteiger partial charge in [-0.05, 0) is 91.6 Å². The van der Waals surface area contributed by atoms with Gasteiger partial charge in [-0.25, -0.2) is 0 Å². The Bertz CT molecular complexity index is 2020. The van der Waals surface area contributed by atoms with Gasteiger partial charge in [0.2, 0.25) is 0 Å². The molecule has 0 fully saturated rings. The van der Waals surface area contributed by atoms with Gasteiger partial charge >= 0.3 is 0 Å². The molecular formula is C41H39NO2Si. The zero-order valence-electron chi connectivity index (χ0n) is 27.2. The third-order valence-electron chi connectivity index (χ3n) is 9.70. The zero-order chi connectivity index (χ0) is 31.8. The molecule has 0 saturated heterocycles. The molecule has 45 heavy (non-hydrogen) atoms. The minimum Gasteiger partial charge on any atom is -0.311 e. The highest BCUT2D eigenvalue weighted by atomic mass is 28.3. The van der Waals surface area contributed by atoms with Crippen molar-refractivity contribution in [1.29, 1.82) is 0 Å². The van der Waals surface area contributed by atoms with E-state index in [1.807, 2.05) is 42.5 Å². The molecule has 0 N–H and O–H groups in total. The lowest BCUT2D eigenvalue weighted by atomic mass is 9.87. The van der Waals surface area contributed by atoms with E-state index in [-0.39, 0.29) is 22.6 Å². The van der Waals surface area contributed by atoms with E-state index in [1.54, 1.807) is 0 Å². The highest BCUT2D eigenvalue weighted by Gasteiger charge is 2.39. The number of Topliss-reactive ketones (excluding diaryl/α,β-unsaturated/α-hetero) is 2. The molecule has 0 aromatic heterocycles. The number of allylic oxidation sites excluding steroid dienone is 1. The molecule has 5 aromatic rings. The molecule has 0 atom stereocenters. The predicted octanol–water partition coefficient (Wildman–Crippen LogP) is 9.33. The lowest BCUT2D eigenvalue weighted by molar-refractivity contribution is 0.0990. The van der Waals surface area contributed by atoms with Crippen molar-refractivity contribution in [3.05, 3.63) is 130 Å². The molecule has 3 nitrogen and oxygen atoms in total. The molecule has 224 valence electrons. The minimum absolute atomic E-state index is 0.0706. The van der Waals surface area contributed by atoms with E-state index in [0.29, 0.717) is 17.0 Å². The van der Waals surface area contributed by atoms with E-state index in [1.165, 1.54) is 32.9 Å². The van der Waals surface area contributed by atoms with Gasteiger partial charge in [-0.2, -0.15) is 0 Å². The van der Waals surface area contributed by atoms with E-state index in [0.717, 1.165) is 22.0 Å². The van der Waals surface area contributed by atoms with E-state index in [2.05, 4.69) is 113 Å². The molecule has 4 heteroatoms. The zero-order valence-corrected chi connectivity index (χ0v) is 28.2. The Morgan fingerprint density at radius 3 is 1.80 bits per heavy atom. The second kappa shape index (κ2) is 10.2. The van der Waals surface area contributed by atoms with Gasteiger partial charge in [0.1, 0.15) is 8.07 Å². The fourth-order valence-electron chi connectivity index (χ4n) is 6.92. The average Bonchev–Trinajstić information content (AvgIpc) is 3.24. The van der Waals surface area contributed by atoms with Gasteiger partial charge in [0.15, 0.2) is 11.6 Å². The van der Waals surface area contributed by atoms with Gasteiger partial charge in [0.25, 0.3) is 0 Å². The molecule has 1 aliphatic heterocycles. The Morgan fingerprint density at radius 2 is 1.24 bits per heavy atom. The summed E-state index contributed by atoms with van der Waals surface area (Å²) in [7, 11) is -2.18. The maximum atomic E-state index is 13.6. The van der Waals surface area contributed by atoms with Gasteiger partial charge in [0.05, 0.1) is 5.57 Å². The smallest absolute Gasteiger partial charge is 0.197 e. The number of rotatable bonds is 3. The maximum absolute atomic E-state index is 13.6. The molecule has 0 saturated carbocycles. The molecule has 0 amide bonds. The second-order valence-corrected chi connectivity index (χ2v) is 18.8. The van der Waals surface area contributed by atoms with E-state index in [9.17, 15) is 9.59 Å². The Labute approximate surface area is 267 Å². The molecule has 7 rings (SSSR count). The van der Waals surface area contributed by atoms with Crippen LogP contribution < -0.4 is 15.3 Å². The molecule has 1 heterocycles. The summed E-state index contributed by atoms with van der Waals surface area (Å²) < 4.78 is 0. The highest BCUT2D eigenvalue weighted by Crippen LogP contribution is 2.40. The molecular weight excluding hydrogens is 567 g/mol. The number of benzene rings is 5. The van der Waals surface area contributed by atoms with Crippen LogP contribution in [0.1, 0.15) is 77.9 Å². The predicted molar refractivity (Wildman–Crippen MR) is 191 cm³/mol. The first-order valence-corrected chi connectivity index (χ1v) is 18.9. The molecule has 0 radical (unpaired) electrons. The van der Waals surface area contributed by atoms with E-state index in [4.69, 9.17) is 0 Å². The first-order valence-electron chi connectivity index (χ1n) is 15.9. The SMILES string of the molecule is CC(C)c1ccc2c(c1)[Si](C)(C)c1cc(C=C3C(=O)c4cc5ccccc5cc4C3=O)ccc1N2c1ccc(C(C)(C)C)cc1. The maximum Gasteiger partial charge on any atom is 0.197 e. The quantitative estimate of drug-likeness (QED) is 0.117. The van der Waals surface area contributed by atoms with Crippen molar-refractivity contribution in [3.8, 4) is 0 Å². The number of nitrogens with zero attached hydrogens (tertiary/aromatic N) is 1. The van der Waals surface area contributed by atoms with Crippen molar-refractivity contribution in [2.75, 3.05) is 4.90 Å². The Balaban J connectivity index is 1.37. The third kappa shape index (κ3) is 4.71. The average molecular weight is 606 g/mol. The van der Waals surface area contributed by atoms with Crippen molar-refractivity contribution < 1.29 is 9.59 Å². The van der Waals surface area contributed by atoms with Crippen molar-refractivity contribution in [3.63, 3.8) is 0 Å². The highest BCUT2D eigenvalue weighted by molar-refractivity contribution is 7.02. The van der Waals surface area contributed by atoms with Crippen LogP contribution in [0, 0.1) is 0 Å².